The number of halogens is 2. The van der Waals surface area contributed by atoms with Crippen molar-refractivity contribution in [1.82, 2.24) is 0 Å². The van der Waals surface area contributed by atoms with Gasteiger partial charge in [0.1, 0.15) is 5.76 Å². The van der Waals surface area contributed by atoms with Crippen molar-refractivity contribution in [1.29, 1.82) is 0 Å². The van der Waals surface area contributed by atoms with Gasteiger partial charge in [-0.3, -0.25) is 0 Å². The molecule has 0 N–H and O–H groups in total. The van der Waals surface area contributed by atoms with Gasteiger partial charge in [-0.15, -0.1) is 0 Å². The molecule has 0 aliphatic carbocycles. The van der Waals surface area contributed by atoms with Crippen molar-refractivity contribution in [3.8, 4) is 0 Å². The molecule has 0 fully saturated rings. The Labute approximate surface area is 85.1 Å². The molecule has 0 saturated heterocycles. The molecule has 3 heteroatoms. The Morgan fingerprint density at radius 3 is 2.75 bits per heavy atom. The maximum absolute atomic E-state index is 5.87. The maximum atomic E-state index is 5.87. The van der Waals surface area contributed by atoms with Crippen LogP contribution in [0, 0.1) is 0 Å². The van der Waals surface area contributed by atoms with Crippen molar-refractivity contribution in [2.24, 2.45) is 0 Å². The second kappa shape index (κ2) is 3.97. The fraction of sp³-hybridized carbons (Fsp3) is 0.111. The van der Waals surface area contributed by atoms with E-state index in [1.54, 1.807) is 13.2 Å². The van der Waals surface area contributed by atoms with Gasteiger partial charge in [-0.2, -0.15) is 0 Å². The zero-order valence-electron chi connectivity index (χ0n) is 6.60. The SMILES string of the molecule is C=C(OC)c1ccc(Br)c(Cl)c1. The largest absolute Gasteiger partial charge is 0.497 e. The summed E-state index contributed by atoms with van der Waals surface area (Å²) in [7, 11) is 1.58. The number of benzene rings is 1. The van der Waals surface area contributed by atoms with Gasteiger partial charge in [0.15, 0.2) is 0 Å². The number of hydrogen-bond donors (Lipinski definition) is 0. The van der Waals surface area contributed by atoms with Crippen molar-refractivity contribution in [3.63, 3.8) is 0 Å². The summed E-state index contributed by atoms with van der Waals surface area (Å²) in [5.74, 6) is 0.615. The molecule has 0 saturated carbocycles. The van der Waals surface area contributed by atoms with Crippen LogP contribution in [0.3, 0.4) is 0 Å². The van der Waals surface area contributed by atoms with E-state index >= 15 is 0 Å². The van der Waals surface area contributed by atoms with E-state index < -0.39 is 0 Å². The monoisotopic (exact) mass is 246 g/mol. The van der Waals surface area contributed by atoms with Gasteiger partial charge in [0, 0.05) is 10.0 Å². The van der Waals surface area contributed by atoms with Crippen LogP contribution in [0.25, 0.3) is 5.76 Å². The molecule has 0 spiro atoms. The molecular formula is C9H8BrClO. The van der Waals surface area contributed by atoms with Crippen molar-refractivity contribution >= 4 is 33.3 Å². The van der Waals surface area contributed by atoms with E-state index in [4.69, 9.17) is 16.3 Å². The summed E-state index contributed by atoms with van der Waals surface area (Å²) in [4.78, 5) is 0. The van der Waals surface area contributed by atoms with Gasteiger partial charge in [0.05, 0.1) is 12.1 Å². The summed E-state index contributed by atoms with van der Waals surface area (Å²) >= 11 is 9.17. The van der Waals surface area contributed by atoms with Crippen LogP contribution in [-0.4, -0.2) is 7.11 Å². The average molecular weight is 248 g/mol. The molecule has 12 heavy (non-hydrogen) atoms. The molecule has 0 atom stereocenters. The van der Waals surface area contributed by atoms with Gasteiger partial charge in [-0.25, -0.2) is 0 Å². The molecule has 64 valence electrons. The van der Waals surface area contributed by atoms with Crippen LogP contribution in [-0.2, 0) is 4.74 Å². The van der Waals surface area contributed by atoms with Crippen LogP contribution in [0.5, 0.6) is 0 Å². The minimum absolute atomic E-state index is 0.615. The van der Waals surface area contributed by atoms with E-state index in [2.05, 4.69) is 22.5 Å². The number of rotatable bonds is 2. The molecular weight excluding hydrogens is 239 g/mol. The van der Waals surface area contributed by atoms with E-state index in [0.29, 0.717) is 10.8 Å². The van der Waals surface area contributed by atoms with Crippen molar-refractivity contribution in [2.75, 3.05) is 7.11 Å². The Balaban J connectivity index is 3.05. The summed E-state index contributed by atoms with van der Waals surface area (Å²) in [6.07, 6.45) is 0. The Bertz CT molecular complexity index is 309. The molecule has 0 aliphatic heterocycles. The first-order valence-electron chi connectivity index (χ1n) is 3.33. The Hall–Kier alpha value is -0.470. The third kappa shape index (κ3) is 2.02. The first-order chi connectivity index (χ1) is 5.65. The summed E-state index contributed by atoms with van der Waals surface area (Å²) < 4.78 is 5.83. The second-order valence-corrected chi connectivity index (χ2v) is 3.52. The van der Waals surface area contributed by atoms with Crippen LogP contribution in [0.4, 0.5) is 0 Å². The highest BCUT2D eigenvalue weighted by molar-refractivity contribution is 9.10. The minimum atomic E-state index is 0.615. The van der Waals surface area contributed by atoms with E-state index in [0.717, 1.165) is 10.0 Å². The normalized spacial score (nSPS) is 9.58. The number of ether oxygens (including phenoxy) is 1. The predicted octanol–water partition coefficient (Wildman–Crippen LogP) is 3.72. The van der Waals surface area contributed by atoms with E-state index in [-0.39, 0.29) is 0 Å². The summed E-state index contributed by atoms with van der Waals surface area (Å²) in [5, 5.41) is 0.658. The van der Waals surface area contributed by atoms with Gasteiger partial charge in [0.2, 0.25) is 0 Å². The Morgan fingerprint density at radius 1 is 1.58 bits per heavy atom. The summed E-state index contributed by atoms with van der Waals surface area (Å²) in [6.45, 7) is 3.72. The fourth-order valence-corrected chi connectivity index (χ4v) is 1.21. The number of methoxy groups -OCH3 is 1. The van der Waals surface area contributed by atoms with Crippen LogP contribution in [0.15, 0.2) is 29.3 Å². The van der Waals surface area contributed by atoms with Gasteiger partial charge >= 0.3 is 0 Å². The van der Waals surface area contributed by atoms with Crippen LogP contribution in [0.2, 0.25) is 5.02 Å². The van der Waals surface area contributed by atoms with E-state index in [9.17, 15) is 0 Å². The van der Waals surface area contributed by atoms with E-state index in [1.807, 2.05) is 12.1 Å². The minimum Gasteiger partial charge on any atom is -0.497 e. The first-order valence-corrected chi connectivity index (χ1v) is 4.50. The molecule has 1 aromatic carbocycles. The highest BCUT2D eigenvalue weighted by Gasteiger charge is 2.01. The topological polar surface area (TPSA) is 9.23 Å². The van der Waals surface area contributed by atoms with Crippen LogP contribution >= 0.6 is 27.5 Å². The molecule has 0 aromatic heterocycles. The second-order valence-electron chi connectivity index (χ2n) is 2.26. The lowest BCUT2D eigenvalue weighted by Gasteiger charge is -2.04. The van der Waals surface area contributed by atoms with Crippen molar-refractivity contribution < 1.29 is 4.74 Å². The standard InChI is InChI=1S/C9H8BrClO/c1-6(12-2)7-3-4-8(10)9(11)5-7/h3-5H,1H2,2H3. The zero-order chi connectivity index (χ0) is 9.14. The number of hydrogen-bond acceptors (Lipinski definition) is 1. The van der Waals surface area contributed by atoms with Crippen molar-refractivity contribution in [2.45, 2.75) is 0 Å². The zero-order valence-corrected chi connectivity index (χ0v) is 8.95. The maximum Gasteiger partial charge on any atom is 0.118 e. The quantitative estimate of drug-likeness (QED) is 0.724. The fourth-order valence-electron chi connectivity index (χ4n) is 0.787. The Morgan fingerprint density at radius 2 is 2.25 bits per heavy atom. The summed E-state index contributed by atoms with van der Waals surface area (Å²) in [6, 6.07) is 5.56. The molecule has 1 rings (SSSR count). The molecule has 0 amide bonds. The lowest BCUT2D eigenvalue weighted by atomic mass is 10.2. The third-order valence-electron chi connectivity index (χ3n) is 1.49. The van der Waals surface area contributed by atoms with Gasteiger partial charge in [0.25, 0.3) is 0 Å². The molecule has 0 unspecified atom stereocenters. The van der Waals surface area contributed by atoms with Crippen molar-refractivity contribution in [3.05, 3.63) is 39.8 Å². The highest BCUT2D eigenvalue weighted by atomic mass is 79.9. The molecule has 0 heterocycles. The Kier molecular flexibility index (Phi) is 3.18. The molecule has 1 aromatic rings. The average Bonchev–Trinajstić information content (AvgIpc) is 2.08. The molecule has 0 radical (unpaired) electrons. The molecule has 0 bridgehead atoms. The highest BCUT2D eigenvalue weighted by Crippen LogP contribution is 2.25. The van der Waals surface area contributed by atoms with Gasteiger partial charge in [-0.05, 0) is 28.1 Å². The third-order valence-corrected chi connectivity index (χ3v) is 2.72. The lowest BCUT2D eigenvalue weighted by Crippen LogP contribution is -1.84. The van der Waals surface area contributed by atoms with Crippen LogP contribution < -0.4 is 0 Å². The predicted molar refractivity (Wildman–Crippen MR) is 55.2 cm³/mol. The summed E-state index contributed by atoms with van der Waals surface area (Å²) in [5.41, 5.74) is 0.894. The smallest absolute Gasteiger partial charge is 0.118 e. The molecule has 0 aliphatic rings. The van der Waals surface area contributed by atoms with Crippen LogP contribution in [0.1, 0.15) is 5.56 Å². The van der Waals surface area contributed by atoms with E-state index in [1.165, 1.54) is 0 Å². The van der Waals surface area contributed by atoms with Gasteiger partial charge in [-0.1, -0.05) is 24.2 Å². The molecule has 1 nitrogen and oxygen atoms in total. The first kappa shape index (κ1) is 9.62. The lowest BCUT2D eigenvalue weighted by molar-refractivity contribution is 0.371. The van der Waals surface area contributed by atoms with Gasteiger partial charge < -0.3 is 4.74 Å².